The van der Waals surface area contributed by atoms with Crippen molar-refractivity contribution < 1.29 is 0 Å². The zero-order valence-corrected chi connectivity index (χ0v) is 12.3. The van der Waals surface area contributed by atoms with Crippen molar-refractivity contribution in [1.82, 2.24) is 4.90 Å². The highest BCUT2D eigenvalue weighted by Gasteiger charge is 2.26. The minimum absolute atomic E-state index is 0.659. The van der Waals surface area contributed by atoms with E-state index in [1.54, 1.807) is 5.56 Å². The molecule has 2 heterocycles. The molecule has 1 aliphatic heterocycles. The van der Waals surface area contributed by atoms with Gasteiger partial charge in [-0.1, -0.05) is 24.3 Å². The first-order chi connectivity index (χ1) is 9.29. The number of piperidine rings is 1. The lowest BCUT2D eigenvalue weighted by Crippen LogP contribution is -2.40. The summed E-state index contributed by atoms with van der Waals surface area (Å²) in [4.78, 5) is 2.54. The molecule has 0 N–H and O–H groups in total. The van der Waals surface area contributed by atoms with Crippen LogP contribution >= 0.6 is 11.3 Å². The third-order valence-electron chi connectivity index (χ3n) is 4.33. The van der Waals surface area contributed by atoms with Gasteiger partial charge in [0.25, 0.3) is 0 Å². The van der Waals surface area contributed by atoms with E-state index >= 15 is 0 Å². The molecule has 2 unspecified atom stereocenters. The van der Waals surface area contributed by atoms with Gasteiger partial charge < -0.3 is 0 Å². The van der Waals surface area contributed by atoms with Crippen molar-refractivity contribution in [1.29, 1.82) is 0 Å². The van der Waals surface area contributed by atoms with E-state index in [9.17, 15) is 0 Å². The Morgan fingerprint density at radius 1 is 1.42 bits per heavy atom. The van der Waals surface area contributed by atoms with Crippen LogP contribution in [0.25, 0.3) is 10.1 Å². The Balaban J connectivity index is 1.84. The summed E-state index contributed by atoms with van der Waals surface area (Å²) < 4.78 is 1.50. The number of likely N-dealkylation sites (tertiary alicyclic amines) is 1. The number of benzene rings is 1. The average Bonchev–Trinajstić information content (AvgIpc) is 2.89. The highest BCUT2D eigenvalue weighted by molar-refractivity contribution is 7.17. The van der Waals surface area contributed by atoms with E-state index < -0.39 is 0 Å². The first kappa shape index (κ1) is 12.9. The number of thiophene rings is 1. The molecule has 19 heavy (non-hydrogen) atoms. The van der Waals surface area contributed by atoms with Crippen molar-refractivity contribution in [3.63, 3.8) is 0 Å². The van der Waals surface area contributed by atoms with E-state index in [1.165, 1.54) is 29.5 Å². The molecule has 0 spiro atoms. The third-order valence-corrected chi connectivity index (χ3v) is 5.31. The molecule has 1 aromatic heterocycles. The molecule has 0 aliphatic carbocycles. The molecule has 1 aliphatic rings. The van der Waals surface area contributed by atoms with Gasteiger partial charge in [0, 0.05) is 17.3 Å². The number of fused-ring (bicyclic) bond motifs is 1. The van der Waals surface area contributed by atoms with E-state index in [4.69, 9.17) is 0 Å². The fourth-order valence-electron chi connectivity index (χ4n) is 3.28. The normalized spacial score (nSPS) is 24.7. The molecule has 0 bridgehead atoms. The Hall–Kier alpha value is -1.12. The molecule has 0 saturated carbocycles. The second kappa shape index (κ2) is 5.48. The highest BCUT2D eigenvalue weighted by atomic mass is 32.1. The minimum Gasteiger partial charge on any atom is -0.297 e. The summed E-state index contributed by atoms with van der Waals surface area (Å²) in [7, 11) is 0. The van der Waals surface area contributed by atoms with Crippen LogP contribution < -0.4 is 0 Å². The van der Waals surface area contributed by atoms with Crippen LogP contribution in [0.4, 0.5) is 0 Å². The van der Waals surface area contributed by atoms with Crippen molar-refractivity contribution in [3.8, 4) is 0 Å². The summed E-state index contributed by atoms with van der Waals surface area (Å²) in [5.41, 5.74) is 1.57. The van der Waals surface area contributed by atoms with Gasteiger partial charge in [0.2, 0.25) is 0 Å². The number of hydrogen-bond donors (Lipinski definition) is 0. The van der Waals surface area contributed by atoms with Gasteiger partial charge in [-0.05, 0) is 54.6 Å². The number of hydrogen-bond acceptors (Lipinski definition) is 2. The van der Waals surface area contributed by atoms with Crippen LogP contribution in [-0.2, 0) is 0 Å². The maximum atomic E-state index is 3.86. The maximum Gasteiger partial charge on any atom is 0.0377 e. The Labute approximate surface area is 119 Å². The first-order valence-electron chi connectivity index (χ1n) is 7.10. The van der Waals surface area contributed by atoms with Gasteiger partial charge in [-0.3, -0.25) is 4.90 Å². The van der Waals surface area contributed by atoms with Crippen molar-refractivity contribution >= 4 is 21.4 Å². The quantitative estimate of drug-likeness (QED) is 0.734. The largest absolute Gasteiger partial charge is 0.297 e. The zero-order chi connectivity index (χ0) is 13.2. The molecule has 0 radical (unpaired) electrons. The van der Waals surface area contributed by atoms with Gasteiger partial charge in [-0.25, -0.2) is 0 Å². The highest BCUT2D eigenvalue weighted by Crippen LogP contribution is 2.37. The monoisotopic (exact) mass is 271 g/mol. The topological polar surface area (TPSA) is 3.24 Å². The number of rotatable bonds is 3. The predicted molar refractivity (Wildman–Crippen MR) is 85.0 cm³/mol. The predicted octanol–water partition coefficient (Wildman–Crippen LogP) is 4.66. The molecule has 0 amide bonds. The summed E-state index contributed by atoms with van der Waals surface area (Å²) in [5.74, 6) is 0.721. The van der Waals surface area contributed by atoms with Gasteiger partial charge in [-0.2, -0.15) is 0 Å². The van der Waals surface area contributed by atoms with Crippen LogP contribution in [0.2, 0.25) is 0 Å². The molecule has 1 fully saturated rings. The van der Waals surface area contributed by atoms with Crippen molar-refractivity contribution in [2.75, 3.05) is 13.1 Å². The number of nitrogens with zero attached hydrogens (tertiary/aromatic N) is 1. The Bertz CT molecular complexity index is 571. The van der Waals surface area contributed by atoms with Crippen LogP contribution in [-0.4, -0.2) is 24.0 Å². The lowest BCUT2D eigenvalue weighted by Gasteiger charge is -2.37. The molecule has 2 atom stereocenters. The zero-order valence-electron chi connectivity index (χ0n) is 11.5. The van der Waals surface area contributed by atoms with E-state index in [-0.39, 0.29) is 0 Å². The van der Waals surface area contributed by atoms with Crippen molar-refractivity contribution in [2.24, 2.45) is 0 Å². The summed E-state index contributed by atoms with van der Waals surface area (Å²) in [6, 6.07) is 9.67. The molecular weight excluding hydrogens is 250 g/mol. The van der Waals surface area contributed by atoms with E-state index in [1.807, 2.05) is 17.4 Å². The molecule has 100 valence electrons. The standard InChI is InChI=1S/C17H21NS/c1-3-9-18-10-7-15(12-13(18)2)16-6-4-5-14-8-11-19-17(14)16/h3-6,8,11,13,15H,1,7,9-10,12H2,2H3. The van der Waals surface area contributed by atoms with E-state index in [0.29, 0.717) is 6.04 Å². The van der Waals surface area contributed by atoms with Crippen molar-refractivity contribution in [3.05, 3.63) is 47.9 Å². The first-order valence-corrected chi connectivity index (χ1v) is 7.98. The van der Waals surface area contributed by atoms with Gasteiger partial charge in [0.05, 0.1) is 0 Å². The Morgan fingerprint density at radius 3 is 3.11 bits per heavy atom. The van der Waals surface area contributed by atoms with Gasteiger partial charge in [-0.15, -0.1) is 17.9 Å². The fourth-order valence-corrected chi connectivity index (χ4v) is 4.27. The third kappa shape index (κ3) is 2.47. The van der Waals surface area contributed by atoms with E-state index in [0.717, 1.165) is 12.5 Å². The van der Waals surface area contributed by atoms with Crippen LogP contribution in [0.3, 0.4) is 0 Å². The van der Waals surface area contributed by atoms with Gasteiger partial charge in [0.1, 0.15) is 0 Å². The second-order valence-corrected chi connectivity index (χ2v) is 6.46. The minimum atomic E-state index is 0.659. The second-order valence-electron chi connectivity index (χ2n) is 5.54. The average molecular weight is 271 g/mol. The van der Waals surface area contributed by atoms with Crippen LogP contribution in [0.5, 0.6) is 0 Å². The molecule has 3 rings (SSSR count). The summed E-state index contributed by atoms with van der Waals surface area (Å²) in [5, 5.41) is 3.62. The van der Waals surface area contributed by atoms with Gasteiger partial charge >= 0.3 is 0 Å². The summed E-state index contributed by atoms with van der Waals surface area (Å²) in [6.45, 7) is 8.43. The smallest absolute Gasteiger partial charge is 0.0377 e. The van der Waals surface area contributed by atoms with Crippen LogP contribution in [0.15, 0.2) is 42.3 Å². The lowest BCUT2D eigenvalue weighted by molar-refractivity contribution is 0.163. The summed E-state index contributed by atoms with van der Waals surface area (Å²) >= 11 is 1.89. The fraction of sp³-hybridized carbons (Fsp3) is 0.412. The Morgan fingerprint density at radius 2 is 2.32 bits per heavy atom. The van der Waals surface area contributed by atoms with Gasteiger partial charge in [0.15, 0.2) is 0 Å². The van der Waals surface area contributed by atoms with E-state index in [2.05, 4.69) is 48.0 Å². The molecule has 2 aromatic rings. The molecule has 1 nitrogen and oxygen atoms in total. The molecule has 1 saturated heterocycles. The Kier molecular flexibility index (Phi) is 3.72. The van der Waals surface area contributed by atoms with Crippen LogP contribution in [0.1, 0.15) is 31.2 Å². The van der Waals surface area contributed by atoms with Crippen LogP contribution in [0, 0.1) is 0 Å². The molecule has 1 aromatic carbocycles. The van der Waals surface area contributed by atoms with Crippen molar-refractivity contribution in [2.45, 2.75) is 31.7 Å². The SMILES string of the molecule is C=CCN1CCC(c2cccc3ccsc23)CC1C. The maximum absolute atomic E-state index is 3.86. The molecular formula is C17H21NS. The lowest BCUT2D eigenvalue weighted by atomic mass is 9.85. The summed E-state index contributed by atoms with van der Waals surface area (Å²) in [6.07, 6.45) is 4.57. The molecule has 2 heteroatoms.